The van der Waals surface area contributed by atoms with E-state index in [1.165, 1.54) is 24.3 Å². The van der Waals surface area contributed by atoms with Crippen LogP contribution in [0.4, 0.5) is 22.8 Å². The molecule has 0 aromatic heterocycles. The van der Waals surface area contributed by atoms with Crippen molar-refractivity contribution in [1.29, 1.82) is 0 Å². The lowest BCUT2D eigenvalue weighted by atomic mass is 9.86. The molecule has 0 spiro atoms. The van der Waals surface area contributed by atoms with E-state index in [2.05, 4.69) is 15.2 Å². The van der Waals surface area contributed by atoms with E-state index < -0.39 is 59.2 Å². The van der Waals surface area contributed by atoms with Crippen LogP contribution >= 0.6 is 23.2 Å². The molecule has 3 atom stereocenters. The van der Waals surface area contributed by atoms with Crippen LogP contribution in [0.25, 0.3) is 0 Å². The Balaban J connectivity index is 0.000000610. The Kier molecular flexibility index (Phi) is 11.0. The summed E-state index contributed by atoms with van der Waals surface area (Å²) >= 11 is 9.69. The zero-order valence-corrected chi connectivity index (χ0v) is 26.6. The lowest BCUT2D eigenvalue weighted by Crippen LogP contribution is -2.44. The molecule has 246 valence electrons. The third-order valence-corrected chi connectivity index (χ3v) is 7.82. The van der Waals surface area contributed by atoms with Gasteiger partial charge in [-0.3, -0.25) is 8.98 Å². The van der Waals surface area contributed by atoms with Crippen LogP contribution in [-0.4, -0.2) is 68.4 Å². The van der Waals surface area contributed by atoms with Gasteiger partial charge in [0.05, 0.1) is 18.4 Å². The van der Waals surface area contributed by atoms with E-state index in [4.69, 9.17) is 43.1 Å². The Labute approximate surface area is 268 Å². The van der Waals surface area contributed by atoms with E-state index in [0.717, 1.165) is 12.1 Å². The molecule has 1 saturated heterocycles. The minimum absolute atomic E-state index is 0.00571. The number of halogens is 5. The van der Waals surface area contributed by atoms with E-state index in [9.17, 15) is 31.8 Å². The zero-order valence-electron chi connectivity index (χ0n) is 24.2. The Morgan fingerprint density at radius 1 is 1.18 bits per heavy atom. The number of aryl methyl sites for hydroxylation is 1. The number of nitrogens with two attached hydrogens (primary N) is 1. The van der Waals surface area contributed by atoms with Crippen molar-refractivity contribution < 1.29 is 50.6 Å². The number of alkyl halides is 3. The average molecular weight is 698 g/mol. The van der Waals surface area contributed by atoms with Crippen LogP contribution in [0.5, 0.6) is 0 Å². The number of carbonyl (C=O) groups is 3. The molecule has 4 N–H and O–H groups in total. The van der Waals surface area contributed by atoms with Crippen molar-refractivity contribution in [3.05, 3.63) is 68.7 Å². The van der Waals surface area contributed by atoms with Gasteiger partial charge in [-0.15, -0.1) is 0 Å². The van der Waals surface area contributed by atoms with Crippen LogP contribution in [0.1, 0.15) is 54.2 Å². The summed E-state index contributed by atoms with van der Waals surface area (Å²) in [4.78, 5) is 38.9. The van der Waals surface area contributed by atoms with Gasteiger partial charge in [0.25, 0.3) is 22.8 Å². The van der Waals surface area contributed by atoms with Gasteiger partial charge in [-0.2, -0.15) is 17.5 Å². The fourth-order valence-electron chi connectivity index (χ4n) is 4.30. The van der Waals surface area contributed by atoms with Crippen LogP contribution in [0.3, 0.4) is 0 Å². The van der Waals surface area contributed by atoms with Crippen molar-refractivity contribution in [2.75, 3.05) is 13.2 Å². The normalized spacial score (nSPS) is 21.3. The molecular weight excluding hydrogens is 668 g/mol. The monoisotopic (exact) mass is 696 g/mol. The summed E-state index contributed by atoms with van der Waals surface area (Å²) in [5, 5.41) is 15.4. The summed E-state index contributed by atoms with van der Waals surface area (Å²) in [6, 6.07) is 7.03. The Morgan fingerprint density at radius 2 is 1.80 bits per heavy atom. The minimum atomic E-state index is -4.85. The third-order valence-electron chi connectivity index (χ3n) is 6.27. The maximum absolute atomic E-state index is 14.2. The highest BCUT2D eigenvalue weighted by Gasteiger charge is 2.62. The first-order valence-corrected chi connectivity index (χ1v) is 14.8. The number of hydrogen-bond donors (Lipinski definition) is 3. The lowest BCUT2D eigenvalue weighted by Gasteiger charge is -2.29. The van der Waals surface area contributed by atoms with Crippen molar-refractivity contribution in [3.8, 4) is 0 Å². The summed E-state index contributed by atoms with van der Waals surface area (Å²) in [7, 11) is 0. The molecular formula is C27H29Cl2F3N4O8S. The Morgan fingerprint density at radius 3 is 2.29 bits per heavy atom. The number of hydrogen-bond acceptors (Lipinski definition) is 8. The number of rotatable bonds is 5. The summed E-state index contributed by atoms with van der Waals surface area (Å²) in [5.74, 6) is -0.560. The van der Waals surface area contributed by atoms with Crippen molar-refractivity contribution in [2.24, 2.45) is 10.9 Å². The number of oxime groups is 1. The second-order valence-corrected chi connectivity index (χ2v) is 12.8. The molecule has 2 aromatic carbocycles. The number of carbonyl (C=O) groups excluding carboxylic acids is 2. The first kappa shape index (κ1) is 35.9. The number of amides is 3. The molecule has 3 amide bonds. The van der Waals surface area contributed by atoms with Crippen LogP contribution in [0, 0.1) is 6.92 Å². The first-order chi connectivity index (χ1) is 20.7. The highest BCUT2D eigenvalue weighted by atomic mass is 35.5. The largest absolute Gasteiger partial charge is 0.464 e. The van der Waals surface area contributed by atoms with E-state index >= 15 is 0 Å². The van der Waals surface area contributed by atoms with Crippen molar-refractivity contribution in [2.45, 2.75) is 57.5 Å². The molecule has 2 aromatic rings. The van der Waals surface area contributed by atoms with Crippen molar-refractivity contribution in [1.82, 2.24) is 9.62 Å². The predicted molar refractivity (Wildman–Crippen MR) is 158 cm³/mol. The summed E-state index contributed by atoms with van der Waals surface area (Å²) in [5.41, 5.74) is 2.12. The van der Waals surface area contributed by atoms with Gasteiger partial charge < -0.3 is 25.7 Å². The first-order valence-electron chi connectivity index (χ1n) is 13.0. The van der Waals surface area contributed by atoms with E-state index in [0.29, 0.717) is 15.4 Å². The topological polar surface area (TPSA) is 170 Å². The standard InChI is InChI=1S/C22H18Cl2F3N3O6S.C5H11NO2/c1-11-4-12(2-3-17(11)19(31)28-9-16-10-35-37(34)30(16)20(32)33)18-8-21(36-29-18,22(25,26)27)13-5-14(23)7-15(24)6-13;1-5(2,3)8-4(6)7/h2-7,16H,8-10H2,1H3,(H,28,31)(H,32,33);1-3H3,(H2,6,7). The number of carboxylic acid groups (broad SMARTS) is 1. The number of nitrogens with one attached hydrogen (secondary N) is 1. The van der Waals surface area contributed by atoms with Gasteiger partial charge in [-0.05, 0) is 69.2 Å². The summed E-state index contributed by atoms with van der Waals surface area (Å²) in [6.45, 7) is 6.55. The fraction of sp³-hybridized carbons (Fsp3) is 0.407. The molecule has 4 rings (SSSR count). The molecule has 2 heterocycles. The van der Waals surface area contributed by atoms with Crippen LogP contribution < -0.4 is 11.1 Å². The number of primary amides is 1. The quantitative estimate of drug-likeness (QED) is 0.371. The Hall–Kier alpha value is -3.60. The van der Waals surface area contributed by atoms with Gasteiger partial charge in [-0.25, -0.2) is 13.8 Å². The van der Waals surface area contributed by atoms with E-state index in [1.807, 2.05) is 0 Å². The van der Waals surface area contributed by atoms with Crippen molar-refractivity contribution >= 4 is 58.3 Å². The van der Waals surface area contributed by atoms with Crippen LogP contribution in [-0.2, 0) is 30.6 Å². The molecule has 18 heteroatoms. The van der Waals surface area contributed by atoms with Crippen LogP contribution in [0.15, 0.2) is 41.6 Å². The zero-order chi connectivity index (χ0) is 33.9. The molecule has 0 radical (unpaired) electrons. The predicted octanol–water partition coefficient (Wildman–Crippen LogP) is 5.45. The van der Waals surface area contributed by atoms with Gasteiger partial charge in [0.15, 0.2) is 0 Å². The van der Waals surface area contributed by atoms with Gasteiger partial charge in [0, 0.05) is 34.1 Å². The van der Waals surface area contributed by atoms with Crippen LogP contribution in [0.2, 0.25) is 10.0 Å². The SMILES string of the molecule is CC(C)(C)OC(N)=O.Cc1cc(C2=NOC(c3cc(Cl)cc(Cl)c3)(C(F)(F)F)C2)ccc1C(=O)NCC1COS(=O)N1C(=O)O. The van der Waals surface area contributed by atoms with Gasteiger partial charge in [0.1, 0.15) is 5.60 Å². The van der Waals surface area contributed by atoms with E-state index in [-0.39, 0.29) is 40.0 Å². The molecule has 0 saturated carbocycles. The lowest BCUT2D eigenvalue weighted by molar-refractivity contribution is -0.275. The Bertz CT molecular complexity index is 1520. The number of nitrogens with zero attached hydrogens (tertiary/aromatic N) is 2. The summed E-state index contributed by atoms with van der Waals surface area (Å²) in [6.07, 6.45) is -7.68. The average Bonchev–Trinajstić information content (AvgIpc) is 3.50. The maximum atomic E-state index is 14.2. The second kappa shape index (κ2) is 13.8. The van der Waals surface area contributed by atoms with Crippen molar-refractivity contribution in [3.63, 3.8) is 0 Å². The van der Waals surface area contributed by atoms with Gasteiger partial charge in [0.2, 0.25) is 0 Å². The molecule has 3 unspecified atom stereocenters. The smallest absolute Gasteiger partial charge is 0.435 e. The number of ether oxygens (including phenoxy) is 1. The summed E-state index contributed by atoms with van der Waals surface area (Å²) < 4.78 is 64.2. The van der Waals surface area contributed by atoms with Gasteiger partial charge in [-0.1, -0.05) is 34.4 Å². The molecule has 2 aliphatic heterocycles. The highest BCUT2D eigenvalue weighted by molar-refractivity contribution is 7.78. The highest BCUT2D eigenvalue weighted by Crippen LogP contribution is 2.49. The van der Waals surface area contributed by atoms with E-state index in [1.54, 1.807) is 27.7 Å². The molecule has 1 fully saturated rings. The third kappa shape index (κ3) is 8.77. The molecule has 0 aliphatic carbocycles. The minimum Gasteiger partial charge on any atom is -0.464 e. The molecule has 2 aliphatic rings. The molecule has 45 heavy (non-hydrogen) atoms. The van der Waals surface area contributed by atoms with Gasteiger partial charge >= 0.3 is 18.4 Å². The fourth-order valence-corrected chi connectivity index (χ4v) is 5.72. The maximum Gasteiger partial charge on any atom is 0.435 e. The molecule has 0 bridgehead atoms. The second-order valence-electron chi connectivity index (χ2n) is 10.8. The molecule has 12 nitrogen and oxygen atoms in total. The number of benzene rings is 2.